The lowest BCUT2D eigenvalue weighted by molar-refractivity contribution is -0.149. The monoisotopic (exact) mass is 362 g/mol. The van der Waals surface area contributed by atoms with E-state index >= 15 is 0 Å². The van der Waals surface area contributed by atoms with Crippen LogP contribution >= 0.6 is 11.3 Å². The number of aliphatic hydroxyl groups excluding tert-OH is 1. The molecule has 2 aliphatic rings. The zero-order valence-electron chi connectivity index (χ0n) is 13.9. The van der Waals surface area contributed by atoms with E-state index in [4.69, 9.17) is 10.7 Å². The summed E-state index contributed by atoms with van der Waals surface area (Å²) in [5, 5.41) is 20.1. The molecule has 2 atom stereocenters. The first kappa shape index (κ1) is 16.7. The number of carboxylic acid groups (broad SMARTS) is 1. The zero-order valence-corrected chi connectivity index (χ0v) is 14.8. The molecule has 25 heavy (non-hydrogen) atoms. The fourth-order valence-corrected chi connectivity index (χ4v) is 5.18. The molecule has 0 aromatic carbocycles. The van der Waals surface area contributed by atoms with Crippen molar-refractivity contribution in [1.29, 1.82) is 0 Å². The molecule has 134 valence electrons. The van der Waals surface area contributed by atoms with Gasteiger partial charge in [-0.3, -0.25) is 9.69 Å². The number of nitrogens with two attached hydrogens (primary N) is 1. The highest BCUT2D eigenvalue weighted by atomic mass is 32.1. The van der Waals surface area contributed by atoms with Gasteiger partial charge in [-0.05, 0) is 37.7 Å². The molecule has 0 radical (unpaired) electrons. The van der Waals surface area contributed by atoms with Crippen LogP contribution in [-0.2, 0) is 24.2 Å². The standard InChI is InChI=1S/C17H22N4O3S/c18-15-14-9-3-1-2-4-12(9)25-16(14)20-13(19-15)8-21-6-5-11(22)10(7-21)17(23)24/h10-11,22H,1-8H2,(H,23,24)(H2,18,19,20)/t10-,11-/m0/s1. The molecule has 0 bridgehead atoms. The van der Waals surface area contributed by atoms with Crippen molar-refractivity contribution in [3.8, 4) is 0 Å². The molecule has 0 saturated carbocycles. The highest BCUT2D eigenvalue weighted by Crippen LogP contribution is 2.37. The number of aliphatic carboxylic acids is 1. The van der Waals surface area contributed by atoms with E-state index < -0.39 is 18.0 Å². The van der Waals surface area contributed by atoms with Crippen molar-refractivity contribution in [3.63, 3.8) is 0 Å². The van der Waals surface area contributed by atoms with E-state index in [0.717, 1.165) is 23.1 Å². The number of nitrogen functional groups attached to an aromatic ring is 1. The molecule has 0 spiro atoms. The number of hydrogen-bond donors (Lipinski definition) is 3. The number of anilines is 1. The van der Waals surface area contributed by atoms with Gasteiger partial charge in [0.1, 0.15) is 16.5 Å². The first-order valence-electron chi connectivity index (χ1n) is 8.73. The highest BCUT2D eigenvalue weighted by Gasteiger charge is 2.33. The van der Waals surface area contributed by atoms with Gasteiger partial charge in [0.25, 0.3) is 0 Å². The number of aliphatic hydroxyl groups is 1. The summed E-state index contributed by atoms with van der Waals surface area (Å²) in [4.78, 5) is 24.8. The van der Waals surface area contributed by atoms with Crippen LogP contribution in [0.5, 0.6) is 0 Å². The lowest BCUT2D eigenvalue weighted by Gasteiger charge is -2.33. The quantitative estimate of drug-likeness (QED) is 0.757. The Labute approximate surface area is 149 Å². The summed E-state index contributed by atoms with van der Waals surface area (Å²) in [5.74, 6) is -0.557. The van der Waals surface area contributed by atoms with Crippen LogP contribution in [0.25, 0.3) is 10.2 Å². The zero-order chi connectivity index (χ0) is 17.6. The van der Waals surface area contributed by atoms with Gasteiger partial charge in [0.2, 0.25) is 0 Å². The molecule has 4 N–H and O–H groups in total. The molecule has 3 heterocycles. The van der Waals surface area contributed by atoms with Crippen molar-refractivity contribution >= 4 is 33.3 Å². The third-order valence-electron chi connectivity index (χ3n) is 5.23. The van der Waals surface area contributed by atoms with Crippen LogP contribution in [0.3, 0.4) is 0 Å². The largest absolute Gasteiger partial charge is 0.481 e. The number of carboxylic acids is 1. The van der Waals surface area contributed by atoms with Crippen LogP contribution in [0, 0.1) is 5.92 Å². The molecule has 0 unspecified atom stereocenters. The second-order valence-electron chi connectivity index (χ2n) is 6.95. The molecule has 8 heteroatoms. The number of hydrogen-bond acceptors (Lipinski definition) is 7. The Morgan fingerprint density at radius 1 is 1.32 bits per heavy atom. The van der Waals surface area contributed by atoms with Crippen LogP contribution in [0.4, 0.5) is 5.82 Å². The Balaban J connectivity index is 1.59. The van der Waals surface area contributed by atoms with E-state index in [-0.39, 0.29) is 0 Å². The minimum absolute atomic E-state index is 0.304. The van der Waals surface area contributed by atoms with Gasteiger partial charge in [-0.15, -0.1) is 11.3 Å². The fraction of sp³-hybridized carbons (Fsp3) is 0.588. The number of fused-ring (bicyclic) bond motifs is 3. The van der Waals surface area contributed by atoms with Crippen LogP contribution < -0.4 is 5.73 Å². The van der Waals surface area contributed by atoms with Crippen LogP contribution in [0.2, 0.25) is 0 Å². The third-order valence-corrected chi connectivity index (χ3v) is 6.42. The fourth-order valence-electron chi connectivity index (χ4n) is 3.90. The van der Waals surface area contributed by atoms with Gasteiger partial charge in [-0.1, -0.05) is 0 Å². The van der Waals surface area contributed by atoms with Crippen molar-refractivity contribution in [2.45, 2.75) is 44.8 Å². The molecule has 2 aromatic heterocycles. The maximum Gasteiger partial charge on any atom is 0.310 e. The average Bonchev–Trinajstić information content (AvgIpc) is 2.95. The van der Waals surface area contributed by atoms with Crippen molar-refractivity contribution in [3.05, 3.63) is 16.3 Å². The Bertz CT molecular complexity index is 822. The van der Waals surface area contributed by atoms with Gasteiger partial charge in [-0.25, -0.2) is 9.97 Å². The summed E-state index contributed by atoms with van der Waals surface area (Å²) in [6.45, 7) is 1.39. The summed E-state index contributed by atoms with van der Waals surface area (Å²) < 4.78 is 0. The number of carbonyl (C=O) groups is 1. The molecule has 1 fully saturated rings. The number of nitrogens with zero attached hydrogens (tertiary/aromatic N) is 3. The predicted molar refractivity (Wildman–Crippen MR) is 95.5 cm³/mol. The molecule has 0 amide bonds. The van der Waals surface area contributed by atoms with Crippen molar-refractivity contribution in [1.82, 2.24) is 14.9 Å². The van der Waals surface area contributed by atoms with Gasteiger partial charge >= 0.3 is 5.97 Å². The lowest BCUT2D eigenvalue weighted by Crippen LogP contribution is -2.46. The van der Waals surface area contributed by atoms with Gasteiger partial charge < -0.3 is 15.9 Å². The van der Waals surface area contributed by atoms with Gasteiger partial charge in [-0.2, -0.15) is 0 Å². The first-order chi connectivity index (χ1) is 12.0. The van der Waals surface area contributed by atoms with Gasteiger partial charge in [0.15, 0.2) is 0 Å². The van der Waals surface area contributed by atoms with E-state index in [1.54, 1.807) is 11.3 Å². The second kappa shape index (κ2) is 6.51. The maximum absolute atomic E-state index is 11.3. The van der Waals surface area contributed by atoms with Crippen molar-refractivity contribution < 1.29 is 15.0 Å². The van der Waals surface area contributed by atoms with Crippen LogP contribution in [0.15, 0.2) is 0 Å². The Morgan fingerprint density at radius 2 is 2.12 bits per heavy atom. The number of likely N-dealkylation sites (tertiary alicyclic amines) is 1. The minimum Gasteiger partial charge on any atom is -0.481 e. The smallest absolute Gasteiger partial charge is 0.310 e. The van der Waals surface area contributed by atoms with Gasteiger partial charge in [0, 0.05) is 18.0 Å². The number of aromatic nitrogens is 2. The normalized spacial score (nSPS) is 24.4. The maximum atomic E-state index is 11.3. The van der Waals surface area contributed by atoms with Gasteiger partial charge in [0.05, 0.1) is 24.0 Å². The number of piperidine rings is 1. The molecular weight excluding hydrogens is 340 g/mol. The molecule has 1 aliphatic carbocycles. The Hall–Kier alpha value is -1.77. The summed E-state index contributed by atoms with van der Waals surface area (Å²) in [5.41, 5.74) is 7.55. The van der Waals surface area contributed by atoms with Crippen molar-refractivity contribution in [2.75, 3.05) is 18.8 Å². The lowest BCUT2D eigenvalue weighted by atomic mass is 9.95. The molecule has 1 saturated heterocycles. The number of aryl methyl sites for hydroxylation is 2. The molecule has 1 aliphatic heterocycles. The van der Waals surface area contributed by atoms with E-state index in [2.05, 4.69) is 4.98 Å². The third kappa shape index (κ3) is 3.09. The van der Waals surface area contributed by atoms with Crippen LogP contribution in [0.1, 0.15) is 35.5 Å². The summed E-state index contributed by atoms with van der Waals surface area (Å²) >= 11 is 1.71. The molecule has 7 nitrogen and oxygen atoms in total. The Morgan fingerprint density at radius 3 is 2.92 bits per heavy atom. The molecule has 4 rings (SSSR count). The van der Waals surface area contributed by atoms with E-state index in [9.17, 15) is 15.0 Å². The van der Waals surface area contributed by atoms with E-state index in [1.165, 1.54) is 23.3 Å². The predicted octanol–water partition coefficient (Wildman–Crippen LogP) is 1.42. The topological polar surface area (TPSA) is 113 Å². The van der Waals surface area contributed by atoms with Crippen LogP contribution in [-0.4, -0.2) is 50.2 Å². The number of rotatable bonds is 3. The van der Waals surface area contributed by atoms with E-state index in [1.807, 2.05) is 4.90 Å². The van der Waals surface area contributed by atoms with Crippen molar-refractivity contribution in [2.24, 2.45) is 5.92 Å². The summed E-state index contributed by atoms with van der Waals surface area (Å²) in [6, 6.07) is 0. The molecule has 2 aromatic rings. The summed E-state index contributed by atoms with van der Waals surface area (Å²) in [7, 11) is 0. The SMILES string of the molecule is Nc1nc(CN2CC[C@H](O)[C@@H](C(=O)O)C2)nc2sc3c(c12)CCCC3. The minimum atomic E-state index is -0.959. The highest BCUT2D eigenvalue weighted by molar-refractivity contribution is 7.19. The number of thiophene rings is 1. The summed E-state index contributed by atoms with van der Waals surface area (Å²) in [6.07, 6.45) is 4.20. The Kier molecular flexibility index (Phi) is 4.35. The van der Waals surface area contributed by atoms with E-state index in [0.29, 0.717) is 37.7 Å². The second-order valence-corrected chi connectivity index (χ2v) is 8.04. The average molecular weight is 362 g/mol. The first-order valence-corrected chi connectivity index (χ1v) is 9.54. The molecular formula is C17H22N4O3S.